The lowest BCUT2D eigenvalue weighted by molar-refractivity contribution is 0.344. The zero-order chi connectivity index (χ0) is 18.6. The van der Waals surface area contributed by atoms with Crippen molar-refractivity contribution in [1.29, 1.82) is 0 Å². The Morgan fingerprint density at radius 1 is 1.31 bits per heavy atom. The summed E-state index contributed by atoms with van der Waals surface area (Å²) in [4.78, 5) is 4.59. The van der Waals surface area contributed by atoms with E-state index in [1.54, 1.807) is 6.20 Å². The van der Waals surface area contributed by atoms with Crippen LogP contribution in [-0.4, -0.2) is 46.9 Å². The molecule has 0 atom stereocenters. The molecule has 1 heterocycles. The first kappa shape index (κ1) is 20.6. The van der Waals surface area contributed by atoms with Gasteiger partial charge in [0.2, 0.25) is 0 Å². The molecule has 0 bridgehead atoms. The van der Waals surface area contributed by atoms with E-state index in [4.69, 9.17) is 4.74 Å². The van der Waals surface area contributed by atoms with Crippen molar-refractivity contribution in [2.75, 3.05) is 31.2 Å². The summed E-state index contributed by atoms with van der Waals surface area (Å²) in [6.07, 6.45) is 1.79. The Bertz CT molecular complexity index is 692. The van der Waals surface area contributed by atoms with Gasteiger partial charge in [-0.05, 0) is 31.2 Å². The molecule has 0 aliphatic carbocycles. The molecule has 0 saturated heterocycles. The van der Waals surface area contributed by atoms with Gasteiger partial charge in [-0.2, -0.15) is 16.9 Å². The van der Waals surface area contributed by atoms with Gasteiger partial charge in [0.15, 0.2) is 5.96 Å². The van der Waals surface area contributed by atoms with E-state index >= 15 is 0 Å². The summed E-state index contributed by atoms with van der Waals surface area (Å²) < 4.78 is 8.61. The van der Waals surface area contributed by atoms with Gasteiger partial charge in [-0.25, -0.2) is 4.99 Å². The molecule has 1 aromatic heterocycles. The van der Waals surface area contributed by atoms with Crippen LogP contribution in [0.2, 0.25) is 0 Å². The monoisotopic (exact) mass is 439 g/mol. The Morgan fingerprint density at radius 3 is 2.92 bits per heavy atom. The van der Waals surface area contributed by atoms with Gasteiger partial charge in [0.1, 0.15) is 5.75 Å². The average Bonchev–Trinajstić information content (AvgIpc) is 3.03. The Labute approximate surface area is 167 Å². The van der Waals surface area contributed by atoms with Gasteiger partial charge in [0.05, 0.1) is 18.8 Å². The molecule has 0 aliphatic heterocycles. The molecule has 0 aliphatic rings. The summed E-state index contributed by atoms with van der Waals surface area (Å²) in [6.45, 7) is 5.08. The number of nitrogens with zero attached hydrogens (tertiary/aromatic N) is 3. The quantitative estimate of drug-likeness (QED) is 0.338. The third-order valence-corrected chi connectivity index (χ3v) is 4.94. The van der Waals surface area contributed by atoms with Gasteiger partial charge in [0, 0.05) is 42.3 Å². The molecule has 0 unspecified atom stereocenters. The predicted octanol–water partition coefficient (Wildman–Crippen LogP) is 3.05. The van der Waals surface area contributed by atoms with Crippen molar-refractivity contribution in [3.05, 3.63) is 46.7 Å². The smallest absolute Gasteiger partial charge is 0.191 e. The van der Waals surface area contributed by atoms with Crippen molar-refractivity contribution in [2.24, 2.45) is 12.0 Å². The number of aryl methyl sites for hydroxylation is 1. The van der Waals surface area contributed by atoms with Crippen molar-refractivity contribution in [1.82, 2.24) is 20.4 Å². The summed E-state index contributed by atoms with van der Waals surface area (Å²) in [6, 6.07) is 9.90. The van der Waals surface area contributed by atoms with Gasteiger partial charge >= 0.3 is 0 Å². The van der Waals surface area contributed by atoms with Gasteiger partial charge < -0.3 is 15.4 Å². The summed E-state index contributed by atoms with van der Waals surface area (Å²) in [5.74, 6) is 3.68. The molecular formula is C18H26BrN5OS. The second-order valence-electron chi connectivity index (χ2n) is 5.49. The van der Waals surface area contributed by atoms with Crippen LogP contribution in [0.3, 0.4) is 0 Å². The number of nitrogens with one attached hydrogen (secondary N) is 2. The minimum absolute atomic E-state index is 0.611. The normalized spacial score (nSPS) is 11.4. The Balaban J connectivity index is 1.61. The van der Waals surface area contributed by atoms with Crippen LogP contribution in [0, 0.1) is 0 Å². The number of ether oxygens (including phenoxy) is 1. The van der Waals surface area contributed by atoms with E-state index in [1.165, 1.54) is 0 Å². The summed E-state index contributed by atoms with van der Waals surface area (Å²) >= 11 is 5.30. The number of halogens is 1. The van der Waals surface area contributed by atoms with Crippen LogP contribution in [0.4, 0.5) is 0 Å². The van der Waals surface area contributed by atoms with Crippen LogP contribution in [0.1, 0.15) is 12.6 Å². The molecule has 2 aromatic rings. The Hall–Kier alpha value is -1.67. The number of aromatic nitrogens is 2. The molecule has 0 fully saturated rings. The van der Waals surface area contributed by atoms with Crippen molar-refractivity contribution in [3.8, 4) is 5.75 Å². The van der Waals surface area contributed by atoms with Crippen LogP contribution in [-0.2, 0) is 13.6 Å². The maximum atomic E-state index is 5.73. The molecule has 142 valence electrons. The molecular weight excluding hydrogens is 414 g/mol. The van der Waals surface area contributed by atoms with Crippen LogP contribution in [0.5, 0.6) is 5.75 Å². The third-order valence-electron chi connectivity index (χ3n) is 3.50. The van der Waals surface area contributed by atoms with E-state index < -0.39 is 0 Å². The maximum Gasteiger partial charge on any atom is 0.191 e. The van der Waals surface area contributed by atoms with Crippen molar-refractivity contribution in [2.45, 2.75) is 13.5 Å². The average molecular weight is 440 g/mol. The first-order valence-electron chi connectivity index (χ1n) is 8.64. The van der Waals surface area contributed by atoms with Crippen LogP contribution >= 0.6 is 27.7 Å². The number of benzene rings is 1. The van der Waals surface area contributed by atoms with Crippen LogP contribution in [0.15, 0.2) is 46.0 Å². The highest BCUT2D eigenvalue weighted by molar-refractivity contribution is 9.10. The van der Waals surface area contributed by atoms with E-state index in [0.717, 1.165) is 46.5 Å². The third kappa shape index (κ3) is 7.70. The molecule has 0 amide bonds. The summed E-state index contributed by atoms with van der Waals surface area (Å²) in [7, 11) is 1.93. The number of hydrogen-bond acceptors (Lipinski definition) is 4. The number of thioether (sulfide) groups is 1. The molecule has 6 nitrogen and oxygen atoms in total. The van der Waals surface area contributed by atoms with Gasteiger partial charge in [0.25, 0.3) is 0 Å². The first-order chi connectivity index (χ1) is 12.7. The first-order valence-corrected chi connectivity index (χ1v) is 10.6. The molecule has 0 spiro atoms. The Kier molecular flexibility index (Phi) is 9.41. The molecule has 26 heavy (non-hydrogen) atoms. The summed E-state index contributed by atoms with van der Waals surface area (Å²) in [5.41, 5.74) is 1.08. The highest BCUT2D eigenvalue weighted by atomic mass is 79.9. The number of aliphatic imine (C=N–C) groups is 1. The molecule has 2 N–H and O–H groups in total. The molecule has 8 heteroatoms. The fraction of sp³-hybridized carbons (Fsp3) is 0.444. The number of guanidine groups is 1. The number of rotatable bonds is 10. The van der Waals surface area contributed by atoms with E-state index in [1.807, 2.05) is 53.8 Å². The number of hydrogen-bond donors (Lipinski definition) is 2. The fourth-order valence-electron chi connectivity index (χ4n) is 2.18. The van der Waals surface area contributed by atoms with Crippen LogP contribution in [0.25, 0.3) is 0 Å². The molecule has 1 aromatic carbocycles. The van der Waals surface area contributed by atoms with E-state index in [2.05, 4.69) is 43.6 Å². The van der Waals surface area contributed by atoms with E-state index in [0.29, 0.717) is 13.2 Å². The van der Waals surface area contributed by atoms with Gasteiger partial charge in [-0.3, -0.25) is 4.68 Å². The minimum atomic E-state index is 0.611. The van der Waals surface area contributed by atoms with E-state index in [9.17, 15) is 0 Å². The highest BCUT2D eigenvalue weighted by Gasteiger charge is 2.00. The lowest BCUT2D eigenvalue weighted by atomic mass is 10.3. The molecule has 0 saturated carbocycles. The Morgan fingerprint density at radius 2 is 2.19 bits per heavy atom. The van der Waals surface area contributed by atoms with Crippen molar-refractivity contribution in [3.63, 3.8) is 0 Å². The largest absolute Gasteiger partial charge is 0.493 e. The zero-order valence-corrected chi connectivity index (χ0v) is 17.6. The lowest BCUT2D eigenvalue weighted by Gasteiger charge is -2.11. The van der Waals surface area contributed by atoms with Gasteiger partial charge in [-0.1, -0.05) is 22.0 Å². The molecule has 0 radical (unpaired) electrons. The van der Waals surface area contributed by atoms with Crippen LogP contribution < -0.4 is 15.4 Å². The predicted molar refractivity (Wildman–Crippen MR) is 113 cm³/mol. The van der Waals surface area contributed by atoms with Gasteiger partial charge in [-0.15, -0.1) is 0 Å². The molecule has 2 rings (SSSR count). The standard InChI is InChI=1S/C18H26BrN5OS/c1-3-20-18(22-14-16-7-8-23-24(16)2)21-9-11-26-12-10-25-17-6-4-5-15(19)13-17/h4-8,13H,3,9-12,14H2,1-2H3,(H2,20,21,22). The second kappa shape index (κ2) is 11.9. The summed E-state index contributed by atoms with van der Waals surface area (Å²) in [5, 5.41) is 10.8. The second-order valence-corrected chi connectivity index (χ2v) is 7.63. The SMILES string of the molecule is CCNC(=NCc1ccnn1C)NCCSCCOc1cccc(Br)c1. The lowest BCUT2D eigenvalue weighted by Crippen LogP contribution is -2.38. The zero-order valence-electron chi connectivity index (χ0n) is 15.2. The highest BCUT2D eigenvalue weighted by Crippen LogP contribution is 2.17. The maximum absolute atomic E-state index is 5.73. The van der Waals surface area contributed by atoms with Crippen molar-refractivity contribution < 1.29 is 4.74 Å². The van der Waals surface area contributed by atoms with E-state index in [-0.39, 0.29) is 0 Å². The fourth-order valence-corrected chi connectivity index (χ4v) is 3.21. The minimum Gasteiger partial charge on any atom is -0.493 e. The van der Waals surface area contributed by atoms with Crippen molar-refractivity contribution >= 4 is 33.7 Å². The topological polar surface area (TPSA) is 63.5 Å².